The molecule has 0 atom stereocenters. The summed E-state index contributed by atoms with van der Waals surface area (Å²) in [5.74, 6) is 0. The van der Waals surface area contributed by atoms with Gasteiger partial charge in [-0.25, -0.2) is 0 Å². The fourth-order valence-electron chi connectivity index (χ4n) is 0.887. The van der Waals surface area contributed by atoms with E-state index < -0.39 is 0 Å². The van der Waals surface area contributed by atoms with Gasteiger partial charge in [0.25, 0.3) is 0 Å². The van der Waals surface area contributed by atoms with Gasteiger partial charge in [0.1, 0.15) is 0 Å². The molecule has 10 heavy (non-hydrogen) atoms. The molecule has 0 spiro atoms. The Hall–Kier alpha value is -1.24. The second kappa shape index (κ2) is 3.06. The van der Waals surface area contributed by atoms with Gasteiger partial charge in [0.05, 0.1) is 0 Å². The number of hydrogen-bond donors (Lipinski definition) is 1. The Bertz CT molecular complexity index is 228. The first-order chi connectivity index (χ1) is 4.83. The van der Waals surface area contributed by atoms with Gasteiger partial charge in [0, 0.05) is 5.69 Å². The van der Waals surface area contributed by atoms with Gasteiger partial charge in [0.2, 0.25) is 0 Å². The Morgan fingerprint density at radius 2 is 2.30 bits per heavy atom. The molecule has 0 aliphatic rings. The molecule has 0 aromatic heterocycles. The lowest BCUT2D eigenvalue weighted by Gasteiger charge is -1.96. The van der Waals surface area contributed by atoms with Crippen LogP contribution >= 0.6 is 0 Å². The summed E-state index contributed by atoms with van der Waals surface area (Å²) in [7, 11) is 0. The van der Waals surface area contributed by atoms with E-state index in [1.807, 2.05) is 30.3 Å². The summed E-state index contributed by atoms with van der Waals surface area (Å²) in [4.78, 5) is 0. The third kappa shape index (κ3) is 1.62. The van der Waals surface area contributed by atoms with Crippen molar-refractivity contribution in [2.24, 2.45) is 0 Å². The number of nitrogen functional groups attached to an aromatic ring is 1. The van der Waals surface area contributed by atoms with E-state index in [1.165, 1.54) is 5.56 Å². The molecule has 0 saturated carbocycles. The molecule has 1 aromatic carbocycles. The zero-order valence-corrected chi connectivity index (χ0v) is 5.88. The number of nitrogens with two attached hydrogens (primary N) is 1. The van der Waals surface area contributed by atoms with Gasteiger partial charge in [-0.15, -0.1) is 6.58 Å². The van der Waals surface area contributed by atoms with Gasteiger partial charge in [-0.2, -0.15) is 0 Å². The molecular weight excluding hydrogens is 122 g/mol. The first-order valence-corrected chi connectivity index (χ1v) is 3.28. The predicted molar refractivity (Wildman–Crippen MR) is 44.8 cm³/mol. The van der Waals surface area contributed by atoms with E-state index in [0.29, 0.717) is 0 Å². The Kier molecular flexibility index (Phi) is 2.11. The van der Waals surface area contributed by atoms with Gasteiger partial charge in [0.15, 0.2) is 0 Å². The van der Waals surface area contributed by atoms with E-state index in [2.05, 4.69) is 6.58 Å². The molecule has 0 unspecified atom stereocenters. The molecule has 0 bridgehead atoms. The van der Waals surface area contributed by atoms with Crippen LogP contribution in [-0.4, -0.2) is 0 Å². The fourth-order valence-corrected chi connectivity index (χ4v) is 0.887. The SMILES string of the molecule is C=CCc1cccc(N)c1. The molecule has 0 saturated heterocycles. The Morgan fingerprint density at radius 3 is 2.90 bits per heavy atom. The van der Waals surface area contributed by atoms with Crippen molar-refractivity contribution in [1.82, 2.24) is 0 Å². The topological polar surface area (TPSA) is 26.0 Å². The van der Waals surface area contributed by atoms with Gasteiger partial charge in [-0.1, -0.05) is 18.2 Å². The molecule has 2 N–H and O–H groups in total. The lowest BCUT2D eigenvalue weighted by atomic mass is 10.1. The average molecular weight is 133 g/mol. The van der Waals surface area contributed by atoms with Crippen LogP contribution in [0.5, 0.6) is 0 Å². The molecule has 1 rings (SSSR count). The van der Waals surface area contributed by atoms with E-state index in [4.69, 9.17) is 5.73 Å². The lowest BCUT2D eigenvalue weighted by Crippen LogP contribution is -1.86. The van der Waals surface area contributed by atoms with E-state index in [9.17, 15) is 0 Å². The molecule has 0 fully saturated rings. The van der Waals surface area contributed by atoms with E-state index in [1.54, 1.807) is 0 Å². The highest BCUT2D eigenvalue weighted by Crippen LogP contribution is 2.06. The summed E-state index contributed by atoms with van der Waals surface area (Å²) in [5.41, 5.74) is 7.59. The van der Waals surface area contributed by atoms with E-state index >= 15 is 0 Å². The molecule has 1 nitrogen and oxygen atoms in total. The molecular formula is C9H11N. The van der Waals surface area contributed by atoms with Crippen LogP contribution in [0.3, 0.4) is 0 Å². The minimum absolute atomic E-state index is 0.819. The normalized spacial score (nSPS) is 9.20. The summed E-state index contributed by atoms with van der Waals surface area (Å²) in [5, 5.41) is 0. The molecule has 0 heterocycles. The first-order valence-electron chi connectivity index (χ1n) is 3.28. The number of rotatable bonds is 2. The van der Waals surface area contributed by atoms with Crippen molar-refractivity contribution in [2.75, 3.05) is 5.73 Å². The van der Waals surface area contributed by atoms with Crippen molar-refractivity contribution < 1.29 is 0 Å². The molecule has 0 radical (unpaired) electrons. The third-order valence-corrected chi connectivity index (χ3v) is 1.33. The molecule has 1 heteroatoms. The monoisotopic (exact) mass is 133 g/mol. The minimum Gasteiger partial charge on any atom is -0.399 e. The highest BCUT2D eigenvalue weighted by atomic mass is 14.5. The second-order valence-corrected chi connectivity index (χ2v) is 2.24. The standard InChI is InChI=1S/C9H11N/c1-2-4-8-5-3-6-9(10)7-8/h2-3,5-7H,1,4,10H2. The van der Waals surface area contributed by atoms with Crippen molar-refractivity contribution >= 4 is 5.69 Å². The third-order valence-electron chi connectivity index (χ3n) is 1.33. The van der Waals surface area contributed by atoms with E-state index in [-0.39, 0.29) is 0 Å². The number of anilines is 1. The predicted octanol–water partition coefficient (Wildman–Crippen LogP) is 2.00. The molecule has 1 aromatic rings. The van der Waals surface area contributed by atoms with Crippen LogP contribution < -0.4 is 5.73 Å². The van der Waals surface area contributed by atoms with Crippen LogP contribution in [0.25, 0.3) is 0 Å². The number of allylic oxidation sites excluding steroid dienone is 1. The minimum atomic E-state index is 0.819. The van der Waals surface area contributed by atoms with Gasteiger partial charge >= 0.3 is 0 Å². The van der Waals surface area contributed by atoms with Crippen molar-refractivity contribution in [3.05, 3.63) is 42.5 Å². The van der Waals surface area contributed by atoms with Crippen molar-refractivity contribution in [3.63, 3.8) is 0 Å². The van der Waals surface area contributed by atoms with Crippen molar-refractivity contribution in [1.29, 1.82) is 0 Å². The summed E-state index contributed by atoms with van der Waals surface area (Å²) < 4.78 is 0. The van der Waals surface area contributed by atoms with Gasteiger partial charge in [-0.3, -0.25) is 0 Å². The van der Waals surface area contributed by atoms with Crippen LogP contribution in [0.2, 0.25) is 0 Å². The molecule has 0 aliphatic heterocycles. The van der Waals surface area contributed by atoms with Gasteiger partial charge in [-0.05, 0) is 24.1 Å². The van der Waals surface area contributed by atoms with Gasteiger partial charge < -0.3 is 5.73 Å². The van der Waals surface area contributed by atoms with Crippen LogP contribution in [-0.2, 0) is 6.42 Å². The highest BCUT2D eigenvalue weighted by molar-refractivity contribution is 5.41. The molecule has 0 aliphatic carbocycles. The highest BCUT2D eigenvalue weighted by Gasteiger charge is 1.87. The summed E-state index contributed by atoms with van der Waals surface area (Å²) in [6.07, 6.45) is 2.76. The molecule has 52 valence electrons. The van der Waals surface area contributed by atoms with Crippen LogP contribution in [0.4, 0.5) is 5.69 Å². The summed E-state index contributed by atoms with van der Waals surface area (Å²) >= 11 is 0. The maximum absolute atomic E-state index is 5.55. The van der Waals surface area contributed by atoms with Crippen molar-refractivity contribution in [3.8, 4) is 0 Å². The van der Waals surface area contributed by atoms with Crippen LogP contribution in [0.15, 0.2) is 36.9 Å². The maximum atomic E-state index is 5.55. The number of benzene rings is 1. The Balaban J connectivity index is 2.84. The quantitative estimate of drug-likeness (QED) is 0.484. The number of hydrogen-bond acceptors (Lipinski definition) is 1. The first kappa shape index (κ1) is 6.87. The Labute approximate surface area is 61.2 Å². The Morgan fingerprint density at radius 1 is 1.50 bits per heavy atom. The van der Waals surface area contributed by atoms with Crippen molar-refractivity contribution in [2.45, 2.75) is 6.42 Å². The van der Waals surface area contributed by atoms with Crippen LogP contribution in [0.1, 0.15) is 5.56 Å². The average Bonchev–Trinajstić information content (AvgIpc) is 1.88. The summed E-state index contributed by atoms with van der Waals surface area (Å²) in [6.45, 7) is 3.64. The van der Waals surface area contributed by atoms with E-state index in [0.717, 1.165) is 12.1 Å². The second-order valence-electron chi connectivity index (χ2n) is 2.24. The zero-order valence-electron chi connectivity index (χ0n) is 5.88. The lowest BCUT2D eigenvalue weighted by molar-refractivity contribution is 1.28. The smallest absolute Gasteiger partial charge is 0.0316 e. The summed E-state index contributed by atoms with van der Waals surface area (Å²) in [6, 6.07) is 7.83. The fraction of sp³-hybridized carbons (Fsp3) is 0.111. The molecule has 0 amide bonds. The maximum Gasteiger partial charge on any atom is 0.0316 e. The van der Waals surface area contributed by atoms with Crippen LogP contribution in [0, 0.1) is 0 Å². The zero-order chi connectivity index (χ0) is 7.40. The largest absolute Gasteiger partial charge is 0.399 e.